The van der Waals surface area contributed by atoms with Crippen molar-refractivity contribution in [3.05, 3.63) is 0 Å². The summed E-state index contributed by atoms with van der Waals surface area (Å²) in [6.07, 6.45) is 0. The Morgan fingerprint density at radius 3 is 2.33 bits per heavy atom. The van der Waals surface area contributed by atoms with Crippen LogP contribution in [-0.4, -0.2) is 22.6 Å². The van der Waals surface area contributed by atoms with Crippen molar-refractivity contribution < 1.29 is 18.8 Å². The summed E-state index contributed by atoms with van der Waals surface area (Å²) in [6.45, 7) is 4.21. The van der Waals surface area contributed by atoms with Crippen LogP contribution >= 0.6 is 7.60 Å². The van der Waals surface area contributed by atoms with E-state index in [1.807, 2.05) is 0 Å². The minimum atomic E-state index is -3.93. The molecule has 6 heteroatoms. The first-order valence-electron chi connectivity index (χ1n) is 3.53. The molecule has 72 valence electrons. The lowest BCUT2D eigenvalue weighted by molar-refractivity contribution is -0.120. The van der Waals surface area contributed by atoms with E-state index in [1.165, 1.54) is 13.8 Å². The molecule has 0 aliphatic rings. The second kappa shape index (κ2) is 3.56. The van der Waals surface area contributed by atoms with Gasteiger partial charge in [0, 0.05) is 0 Å². The third-order valence-electron chi connectivity index (χ3n) is 1.61. The average Bonchev–Trinajstić information content (AvgIpc) is 1.86. The molecular formula is C6H14NO4P. The van der Waals surface area contributed by atoms with Gasteiger partial charge in [-0.3, -0.25) is 9.36 Å². The highest BCUT2D eigenvalue weighted by molar-refractivity contribution is 7.55. The normalized spacial score (nSPS) is 17.0. The molecule has 0 bridgehead atoms. The van der Waals surface area contributed by atoms with E-state index in [-0.39, 0.29) is 6.61 Å². The van der Waals surface area contributed by atoms with E-state index in [4.69, 9.17) is 5.73 Å². The summed E-state index contributed by atoms with van der Waals surface area (Å²) in [5, 5.41) is -1.52. The highest BCUT2D eigenvalue weighted by atomic mass is 31.2. The van der Waals surface area contributed by atoms with E-state index in [0.717, 1.165) is 0 Å². The third kappa shape index (κ3) is 2.06. The van der Waals surface area contributed by atoms with Crippen molar-refractivity contribution in [2.75, 3.05) is 6.61 Å². The maximum atomic E-state index is 11.3. The Morgan fingerprint density at radius 2 is 2.08 bits per heavy atom. The molecule has 0 saturated carbocycles. The molecule has 0 rings (SSSR count). The number of rotatable bonds is 4. The van der Waals surface area contributed by atoms with Crippen LogP contribution in [0.3, 0.4) is 0 Å². The van der Waals surface area contributed by atoms with Gasteiger partial charge in [0.1, 0.15) is 5.16 Å². The molecule has 0 heterocycles. The smallest absolute Gasteiger partial charge is 0.342 e. The molecule has 0 radical (unpaired) electrons. The summed E-state index contributed by atoms with van der Waals surface area (Å²) in [5.41, 5.74) is 4.94. The molecule has 0 aromatic heterocycles. The first-order chi connectivity index (χ1) is 5.25. The largest absolute Gasteiger partial charge is 0.369 e. The first-order valence-corrected chi connectivity index (χ1v) is 5.10. The number of carbonyl (C=O) groups excluding carboxylic acids is 1. The van der Waals surface area contributed by atoms with E-state index >= 15 is 0 Å². The number of primary amides is 1. The lowest BCUT2D eigenvalue weighted by atomic mass is 10.2. The Morgan fingerprint density at radius 1 is 1.67 bits per heavy atom. The molecule has 0 aliphatic carbocycles. The van der Waals surface area contributed by atoms with Crippen LogP contribution in [0.25, 0.3) is 0 Å². The molecule has 0 fully saturated rings. The fourth-order valence-electron chi connectivity index (χ4n) is 0.476. The van der Waals surface area contributed by atoms with Crippen LogP contribution in [0, 0.1) is 0 Å². The number of amides is 1. The number of hydrogen-bond acceptors (Lipinski definition) is 3. The lowest BCUT2D eigenvalue weighted by Crippen LogP contribution is -2.38. The zero-order chi connectivity index (χ0) is 9.99. The van der Waals surface area contributed by atoms with Gasteiger partial charge in [0.15, 0.2) is 0 Å². The Labute approximate surface area is 71.4 Å². The van der Waals surface area contributed by atoms with Crippen molar-refractivity contribution in [1.82, 2.24) is 0 Å². The maximum absolute atomic E-state index is 11.3. The molecule has 0 aliphatic heterocycles. The second-order valence-corrected chi connectivity index (χ2v) is 5.28. The molecular weight excluding hydrogens is 181 g/mol. The van der Waals surface area contributed by atoms with Gasteiger partial charge in [0.2, 0.25) is 5.91 Å². The lowest BCUT2D eigenvalue weighted by Gasteiger charge is -2.25. The van der Waals surface area contributed by atoms with Gasteiger partial charge in [0.05, 0.1) is 6.61 Å². The van der Waals surface area contributed by atoms with Crippen molar-refractivity contribution in [3.8, 4) is 0 Å². The van der Waals surface area contributed by atoms with E-state index in [1.54, 1.807) is 6.92 Å². The summed E-state index contributed by atoms with van der Waals surface area (Å²) in [5.74, 6) is -0.846. The summed E-state index contributed by atoms with van der Waals surface area (Å²) in [7, 11) is -3.93. The zero-order valence-electron chi connectivity index (χ0n) is 7.40. The number of hydrogen-bond donors (Lipinski definition) is 2. The molecule has 1 amide bonds. The SMILES string of the molecule is CCOP(=O)(O)C(C)(C)C(N)=O. The summed E-state index contributed by atoms with van der Waals surface area (Å²) < 4.78 is 15.9. The van der Waals surface area contributed by atoms with Crippen molar-refractivity contribution in [3.63, 3.8) is 0 Å². The van der Waals surface area contributed by atoms with Crippen LogP contribution < -0.4 is 5.73 Å². The fraction of sp³-hybridized carbons (Fsp3) is 0.833. The van der Waals surface area contributed by atoms with E-state index < -0.39 is 18.7 Å². The molecule has 3 N–H and O–H groups in total. The maximum Gasteiger partial charge on any atom is 0.342 e. The van der Waals surface area contributed by atoms with Gasteiger partial charge in [-0.15, -0.1) is 0 Å². The summed E-state index contributed by atoms with van der Waals surface area (Å²) in [4.78, 5) is 20.0. The van der Waals surface area contributed by atoms with Gasteiger partial charge in [-0.05, 0) is 20.8 Å². The Balaban J connectivity index is 4.76. The molecule has 1 unspecified atom stereocenters. The predicted octanol–water partition coefficient (Wildman–Crippen LogP) is 0.472. The Hall–Kier alpha value is -0.380. The number of nitrogens with two attached hydrogens (primary N) is 1. The topological polar surface area (TPSA) is 89.6 Å². The summed E-state index contributed by atoms with van der Waals surface area (Å²) in [6, 6.07) is 0. The fourth-order valence-corrected chi connectivity index (χ4v) is 1.43. The zero-order valence-corrected chi connectivity index (χ0v) is 8.30. The second-order valence-electron chi connectivity index (χ2n) is 2.86. The monoisotopic (exact) mass is 195 g/mol. The van der Waals surface area contributed by atoms with Crippen LogP contribution in [0.2, 0.25) is 0 Å². The highest BCUT2D eigenvalue weighted by Gasteiger charge is 2.45. The van der Waals surface area contributed by atoms with Gasteiger partial charge in [0.25, 0.3) is 0 Å². The van der Waals surface area contributed by atoms with Gasteiger partial charge in [-0.1, -0.05) is 0 Å². The minimum absolute atomic E-state index is 0.0739. The van der Waals surface area contributed by atoms with Gasteiger partial charge < -0.3 is 15.2 Å². The first kappa shape index (κ1) is 11.6. The standard InChI is InChI=1S/C6H14NO4P/c1-4-11-12(9,10)6(2,3)5(7)8/h4H2,1-3H3,(H2,7,8)(H,9,10). The van der Waals surface area contributed by atoms with Crippen LogP contribution in [0.5, 0.6) is 0 Å². The molecule has 0 saturated heterocycles. The molecule has 1 atom stereocenters. The van der Waals surface area contributed by atoms with E-state index in [2.05, 4.69) is 4.52 Å². The molecule has 0 spiro atoms. The van der Waals surface area contributed by atoms with Gasteiger partial charge >= 0.3 is 7.60 Å². The quantitative estimate of drug-likeness (QED) is 0.638. The number of carbonyl (C=O) groups is 1. The molecule has 5 nitrogen and oxygen atoms in total. The average molecular weight is 195 g/mol. The third-order valence-corrected chi connectivity index (χ3v) is 3.85. The van der Waals surface area contributed by atoms with Crippen LogP contribution in [0.15, 0.2) is 0 Å². The predicted molar refractivity (Wildman–Crippen MR) is 44.7 cm³/mol. The molecule has 12 heavy (non-hydrogen) atoms. The van der Waals surface area contributed by atoms with Gasteiger partial charge in [-0.25, -0.2) is 0 Å². The van der Waals surface area contributed by atoms with Crippen LogP contribution in [-0.2, 0) is 13.9 Å². The van der Waals surface area contributed by atoms with Crippen LogP contribution in [0.1, 0.15) is 20.8 Å². The molecule has 0 aromatic carbocycles. The summed E-state index contributed by atoms with van der Waals surface area (Å²) >= 11 is 0. The van der Waals surface area contributed by atoms with Crippen molar-refractivity contribution in [2.24, 2.45) is 5.73 Å². The Kier molecular flexibility index (Phi) is 3.45. The van der Waals surface area contributed by atoms with E-state index in [9.17, 15) is 14.3 Å². The molecule has 0 aromatic rings. The highest BCUT2D eigenvalue weighted by Crippen LogP contribution is 2.54. The Bertz CT molecular complexity index is 226. The van der Waals surface area contributed by atoms with E-state index in [0.29, 0.717) is 0 Å². The van der Waals surface area contributed by atoms with Crippen molar-refractivity contribution >= 4 is 13.5 Å². The van der Waals surface area contributed by atoms with Crippen molar-refractivity contribution in [2.45, 2.75) is 25.9 Å². The van der Waals surface area contributed by atoms with Crippen LogP contribution in [0.4, 0.5) is 0 Å². The minimum Gasteiger partial charge on any atom is -0.369 e. The van der Waals surface area contributed by atoms with Gasteiger partial charge in [-0.2, -0.15) is 0 Å². The van der Waals surface area contributed by atoms with Crippen molar-refractivity contribution in [1.29, 1.82) is 0 Å².